The van der Waals surface area contributed by atoms with E-state index in [0.29, 0.717) is 11.4 Å². The van der Waals surface area contributed by atoms with Crippen molar-refractivity contribution >= 4 is 11.5 Å². The summed E-state index contributed by atoms with van der Waals surface area (Å²) in [4.78, 5) is 0. The predicted octanol–water partition coefficient (Wildman–Crippen LogP) is 4.94. The van der Waals surface area contributed by atoms with E-state index in [9.17, 15) is 13.2 Å². The molecule has 0 fully saturated rings. The predicted molar refractivity (Wildman–Crippen MR) is 83.0 cm³/mol. The Morgan fingerprint density at radius 1 is 0.957 bits per heavy atom. The van der Waals surface area contributed by atoms with E-state index in [0.717, 1.165) is 11.6 Å². The molecule has 0 aliphatic heterocycles. The Balaban J connectivity index is 2.10. The Morgan fingerprint density at radius 3 is 2.26 bits per heavy atom. The van der Waals surface area contributed by atoms with Crippen molar-refractivity contribution in [2.45, 2.75) is 13.1 Å². The zero-order valence-electron chi connectivity index (χ0n) is 12.3. The van der Waals surface area contributed by atoms with E-state index < -0.39 is 11.9 Å². The molecule has 3 rings (SSSR count). The topological polar surface area (TPSA) is 29.9 Å². The summed E-state index contributed by atoms with van der Waals surface area (Å²) in [5.74, 6) is 0.262. The first-order chi connectivity index (χ1) is 10.9. The molecule has 0 unspecified atom stereocenters. The average Bonchev–Trinajstić information content (AvgIpc) is 2.93. The number of rotatable bonds is 3. The lowest BCUT2D eigenvalue weighted by atomic mass is 10.2. The van der Waals surface area contributed by atoms with Crippen LogP contribution in [0.2, 0.25) is 0 Å². The number of aryl methyl sites for hydroxylation is 1. The maximum atomic E-state index is 13.0. The van der Waals surface area contributed by atoms with Gasteiger partial charge < -0.3 is 5.32 Å². The van der Waals surface area contributed by atoms with Gasteiger partial charge >= 0.3 is 6.18 Å². The minimum atomic E-state index is -4.50. The van der Waals surface area contributed by atoms with E-state index in [2.05, 4.69) is 10.4 Å². The van der Waals surface area contributed by atoms with Crippen LogP contribution in [0, 0.1) is 6.92 Å². The second-order valence-electron chi connectivity index (χ2n) is 5.10. The summed E-state index contributed by atoms with van der Waals surface area (Å²) in [5.41, 5.74) is 1.19. The first-order valence-electron chi connectivity index (χ1n) is 7.00. The number of hydrogen-bond acceptors (Lipinski definition) is 2. The normalized spacial score (nSPS) is 11.5. The van der Waals surface area contributed by atoms with Crippen molar-refractivity contribution in [2.24, 2.45) is 0 Å². The van der Waals surface area contributed by atoms with Gasteiger partial charge in [-0.15, -0.1) is 0 Å². The molecule has 118 valence electrons. The van der Waals surface area contributed by atoms with Crippen LogP contribution in [0.3, 0.4) is 0 Å². The highest BCUT2D eigenvalue weighted by Gasteiger charge is 2.35. The maximum absolute atomic E-state index is 13.0. The largest absolute Gasteiger partial charge is 0.435 e. The lowest BCUT2D eigenvalue weighted by Crippen LogP contribution is -2.08. The van der Waals surface area contributed by atoms with Crippen molar-refractivity contribution in [1.82, 2.24) is 9.78 Å². The molecule has 0 radical (unpaired) electrons. The summed E-state index contributed by atoms with van der Waals surface area (Å²) in [6.07, 6.45) is -4.50. The van der Waals surface area contributed by atoms with Crippen molar-refractivity contribution in [3.8, 4) is 5.69 Å². The van der Waals surface area contributed by atoms with Gasteiger partial charge in [0, 0.05) is 11.8 Å². The fraction of sp³-hybridized carbons (Fsp3) is 0.118. The zero-order valence-corrected chi connectivity index (χ0v) is 12.3. The van der Waals surface area contributed by atoms with Crippen LogP contribution in [-0.4, -0.2) is 9.78 Å². The van der Waals surface area contributed by atoms with Crippen LogP contribution in [-0.2, 0) is 6.18 Å². The molecule has 0 atom stereocenters. The zero-order chi connectivity index (χ0) is 16.4. The third-order valence-electron chi connectivity index (χ3n) is 3.39. The molecule has 2 aromatic carbocycles. The summed E-state index contributed by atoms with van der Waals surface area (Å²) in [6.45, 7) is 1.83. The number of para-hydroxylation sites is 2. The number of hydrogen-bond donors (Lipinski definition) is 1. The van der Waals surface area contributed by atoms with Gasteiger partial charge in [0.05, 0.1) is 5.69 Å². The Hall–Kier alpha value is -2.76. The molecule has 0 bridgehead atoms. The lowest BCUT2D eigenvalue weighted by Gasteiger charge is -2.11. The quantitative estimate of drug-likeness (QED) is 0.741. The Bertz CT molecular complexity index is 807. The summed E-state index contributed by atoms with van der Waals surface area (Å²) in [7, 11) is 0. The van der Waals surface area contributed by atoms with Gasteiger partial charge in [0.15, 0.2) is 5.69 Å². The highest BCUT2D eigenvalue weighted by Crippen LogP contribution is 2.32. The molecule has 1 N–H and O–H groups in total. The van der Waals surface area contributed by atoms with E-state index in [1.54, 1.807) is 24.3 Å². The molecule has 1 aromatic heterocycles. The molecular formula is C17H14F3N3. The molecule has 0 amide bonds. The lowest BCUT2D eigenvalue weighted by molar-refractivity contribution is -0.141. The van der Waals surface area contributed by atoms with Gasteiger partial charge in [-0.25, -0.2) is 4.68 Å². The second kappa shape index (κ2) is 5.79. The summed E-state index contributed by atoms with van der Waals surface area (Å²) < 4.78 is 40.4. The molecule has 0 saturated carbocycles. The summed E-state index contributed by atoms with van der Waals surface area (Å²) in [5, 5.41) is 6.73. The first-order valence-corrected chi connectivity index (χ1v) is 7.00. The average molecular weight is 317 g/mol. The van der Waals surface area contributed by atoms with Gasteiger partial charge in [0.1, 0.15) is 5.82 Å². The van der Waals surface area contributed by atoms with Crippen molar-refractivity contribution in [2.75, 3.05) is 5.32 Å². The smallest absolute Gasteiger partial charge is 0.340 e. The van der Waals surface area contributed by atoms with Crippen molar-refractivity contribution < 1.29 is 13.2 Å². The Kier molecular flexibility index (Phi) is 3.82. The summed E-state index contributed by atoms with van der Waals surface area (Å²) >= 11 is 0. The molecule has 0 saturated heterocycles. The number of nitrogens with one attached hydrogen (secondary N) is 1. The molecule has 3 nitrogen and oxygen atoms in total. The van der Waals surface area contributed by atoms with Crippen LogP contribution in [0.5, 0.6) is 0 Å². The number of halogens is 3. The fourth-order valence-corrected chi connectivity index (χ4v) is 2.26. The fourth-order valence-electron chi connectivity index (χ4n) is 2.26. The standard InChI is InChI=1S/C17H14F3N3/c1-12-7-5-6-10-14(12)23-16(11-15(22-23)17(18,19)20)21-13-8-3-2-4-9-13/h2-11,21H,1H3. The summed E-state index contributed by atoms with van der Waals surface area (Å²) in [6, 6.07) is 17.2. The van der Waals surface area contributed by atoms with Crippen molar-refractivity contribution in [3.05, 3.63) is 71.9 Å². The van der Waals surface area contributed by atoms with Crippen LogP contribution in [0.1, 0.15) is 11.3 Å². The second-order valence-corrected chi connectivity index (χ2v) is 5.10. The van der Waals surface area contributed by atoms with Gasteiger partial charge in [0.25, 0.3) is 0 Å². The van der Waals surface area contributed by atoms with Crippen molar-refractivity contribution in [3.63, 3.8) is 0 Å². The molecule has 6 heteroatoms. The van der Waals surface area contributed by atoms with Crippen LogP contribution < -0.4 is 5.32 Å². The van der Waals surface area contributed by atoms with E-state index in [4.69, 9.17) is 0 Å². The molecule has 3 aromatic rings. The molecule has 0 aliphatic carbocycles. The van der Waals surface area contributed by atoms with Crippen LogP contribution in [0.4, 0.5) is 24.7 Å². The number of alkyl halides is 3. The van der Waals surface area contributed by atoms with E-state index in [-0.39, 0.29) is 5.82 Å². The number of aromatic nitrogens is 2. The Labute approximate surface area is 131 Å². The maximum Gasteiger partial charge on any atom is 0.435 e. The van der Waals surface area contributed by atoms with Gasteiger partial charge in [-0.3, -0.25) is 0 Å². The molecule has 0 aliphatic rings. The van der Waals surface area contributed by atoms with E-state index in [1.165, 1.54) is 4.68 Å². The van der Waals surface area contributed by atoms with Gasteiger partial charge in [0.2, 0.25) is 0 Å². The minimum Gasteiger partial charge on any atom is -0.340 e. The van der Waals surface area contributed by atoms with Crippen molar-refractivity contribution in [1.29, 1.82) is 0 Å². The SMILES string of the molecule is Cc1ccccc1-n1nc(C(F)(F)F)cc1Nc1ccccc1. The number of nitrogens with zero attached hydrogens (tertiary/aromatic N) is 2. The third kappa shape index (κ3) is 3.21. The number of benzene rings is 2. The van der Waals surface area contributed by atoms with Crippen LogP contribution in [0.25, 0.3) is 5.69 Å². The highest BCUT2D eigenvalue weighted by molar-refractivity contribution is 5.60. The number of anilines is 2. The van der Waals surface area contributed by atoms with E-state index in [1.807, 2.05) is 37.3 Å². The van der Waals surface area contributed by atoms with E-state index >= 15 is 0 Å². The van der Waals surface area contributed by atoms with Gasteiger partial charge in [-0.2, -0.15) is 18.3 Å². The van der Waals surface area contributed by atoms with Crippen LogP contribution in [0.15, 0.2) is 60.7 Å². The minimum absolute atomic E-state index is 0.262. The van der Waals surface area contributed by atoms with Gasteiger partial charge in [-0.05, 0) is 30.7 Å². The third-order valence-corrected chi connectivity index (χ3v) is 3.39. The Morgan fingerprint density at radius 2 is 1.61 bits per heavy atom. The monoisotopic (exact) mass is 317 g/mol. The molecule has 0 spiro atoms. The molecule has 23 heavy (non-hydrogen) atoms. The highest BCUT2D eigenvalue weighted by atomic mass is 19.4. The van der Waals surface area contributed by atoms with Gasteiger partial charge in [-0.1, -0.05) is 36.4 Å². The molecular weight excluding hydrogens is 303 g/mol. The first kappa shape index (κ1) is 15.1. The molecule has 1 heterocycles. The van der Waals surface area contributed by atoms with Crippen LogP contribution >= 0.6 is 0 Å².